The predicted octanol–water partition coefficient (Wildman–Crippen LogP) is 6.89. The van der Waals surface area contributed by atoms with Crippen molar-refractivity contribution in [1.29, 1.82) is 0 Å². The third kappa shape index (κ3) is 5.11. The Morgan fingerprint density at radius 2 is 1.56 bits per heavy atom. The van der Waals surface area contributed by atoms with Gasteiger partial charge in [-0.15, -0.1) is 0 Å². The zero-order chi connectivity index (χ0) is 17.5. The van der Waals surface area contributed by atoms with Crippen LogP contribution in [0.4, 0.5) is 5.69 Å². The lowest BCUT2D eigenvalue weighted by Crippen LogP contribution is -2.14. The van der Waals surface area contributed by atoms with Gasteiger partial charge in [0.2, 0.25) is 0 Å². The van der Waals surface area contributed by atoms with Gasteiger partial charge in [0, 0.05) is 0 Å². The molecule has 1 nitrogen and oxygen atoms in total. The molecule has 2 heteroatoms. The highest BCUT2D eigenvalue weighted by molar-refractivity contribution is 7.78. The van der Waals surface area contributed by atoms with Crippen molar-refractivity contribution in [1.82, 2.24) is 0 Å². The zero-order valence-corrected chi connectivity index (χ0v) is 15.9. The lowest BCUT2D eigenvalue weighted by molar-refractivity contribution is 0.310. The first-order valence-electron chi connectivity index (χ1n) is 9.54. The van der Waals surface area contributed by atoms with Gasteiger partial charge in [-0.1, -0.05) is 43.3 Å². The largest absolute Gasteiger partial charge is 0.195 e. The molecular formula is C23H27NS. The van der Waals surface area contributed by atoms with E-state index in [1.807, 2.05) is 12.1 Å². The summed E-state index contributed by atoms with van der Waals surface area (Å²) in [6.07, 6.45) is 9.03. The van der Waals surface area contributed by atoms with Crippen molar-refractivity contribution in [2.24, 2.45) is 10.9 Å². The molecule has 25 heavy (non-hydrogen) atoms. The third-order valence-electron chi connectivity index (χ3n) is 5.66. The van der Waals surface area contributed by atoms with E-state index >= 15 is 0 Å². The van der Waals surface area contributed by atoms with Gasteiger partial charge in [0.05, 0.1) is 10.8 Å². The van der Waals surface area contributed by atoms with Crippen LogP contribution in [0.5, 0.6) is 0 Å². The molecule has 0 saturated heterocycles. The van der Waals surface area contributed by atoms with Crippen molar-refractivity contribution < 1.29 is 0 Å². The second-order valence-corrected chi connectivity index (χ2v) is 7.40. The van der Waals surface area contributed by atoms with Crippen molar-refractivity contribution >= 4 is 23.1 Å². The van der Waals surface area contributed by atoms with E-state index in [9.17, 15) is 0 Å². The molecule has 1 aliphatic carbocycles. The molecule has 1 fully saturated rings. The molecule has 1 aliphatic rings. The van der Waals surface area contributed by atoms with Gasteiger partial charge in [0.15, 0.2) is 0 Å². The topological polar surface area (TPSA) is 12.4 Å². The van der Waals surface area contributed by atoms with Gasteiger partial charge in [-0.3, -0.25) is 0 Å². The van der Waals surface area contributed by atoms with Gasteiger partial charge in [0.1, 0.15) is 0 Å². The predicted molar refractivity (Wildman–Crippen MR) is 110 cm³/mol. The Kier molecular flexibility index (Phi) is 6.55. The Labute approximate surface area is 157 Å². The Hall–Kier alpha value is -1.76. The van der Waals surface area contributed by atoms with Crippen molar-refractivity contribution in [3.8, 4) is 0 Å². The standard InChI is InChI=1S/C23H27NS/c1-2-18-5-11-21(12-6-18)22-13-7-19(8-14-22)3-4-20-9-15-23(16-10-20)24-17-25/h5-6,9-12,15-16,19,22H,2-4,7-8,13-14H2,1H3. The van der Waals surface area contributed by atoms with E-state index in [0.717, 1.165) is 23.9 Å². The van der Waals surface area contributed by atoms with E-state index in [1.165, 1.54) is 49.7 Å². The molecule has 0 bridgehead atoms. The van der Waals surface area contributed by atoms with Crippen molar-refractivity contribution in [2.75, 3.05) is 0 Å². The number of aliphatic imine (C=N–C) groups is 1. The van der Waals surface area contributed by atoms with E-state index in [0.29, 0.717) is 0 Å². The van der Waals surface area contributed by atoms with Crippen LogP contribution in [0, 0.1) is 5.92 Å². The number of hydrogen-bond donors (Lipinski definition) is 0. The maximum absolute atomic E-state index is 4.64. The van der Waals surface area contributed by atoms with Gasteiger partial charge in [-0.05, 0) is 97.8 Å². The molecule has 0 radical (unpaired) electrons. The van der Waals surface area contributed by atoms with Crippen LogP contribution in [-0.4, -0.2) is 5.16 Å². The molecular weight excluding hydrogens is 322 g/mol. The van der Waals surface area contributed by atoms with Gasteiger partial charge in [0.25, 0.3) is 0 Å². The number of aryl methyl sites for hydroxylation is 2. The summed E-state index contributed by atoms with van der Waals surface area (Å²) in [6.45, 7) is 2.22. The van der Waals surface area contributed by atoms with Gasteiger partial charge < -0.3 is 0 Å². The highest BCUT2D eigenvalue weighted by Gasteiger charge is 2.22. The normalized spacial score (nSPS) is 20.0. The average Bonchev–Trinajstić information content (AvgIpc) is 2.68. The number of hydrogen-bond acceptors (Lipinski definition) is 2. The van der Waals surface area contributed by atoms with E-state index in [2.05, 4.69) is 65.7 Å². The van der Waals surface area contributed by atoms with Crippen molar-refractivity contribution in [3.63, 3.8) is 0 Å². The van der Waals surface area contributed by atoms with E-state index in [4.69, 9.17) is 0 Å². The molecule has 0 amide bonds. The number of thiocarbonyl (C=S) groups is 1. The highest BCUT2D eigenvalue weighted by atomic mass is 32.1. The second kappa shape index (κ2) is 9.08. The van der Waals surface area contributed by atoms with Gasteiger partial charge in [-0.25, -0.2) is 0 Å². The summed E-state index contributed by atoms with van der Waals surface area (Å²) in [5, 5.41) is 2.42. The first-order chi connectivity index (χ1) is 12.3. The van der Waals surface area contributed by atoms with Crippen molar-refractivity contribution in [2.45, 2.75) is 57.8 Å². The quantitative estimate of drug-likeness (QED) is 0.408. The van der Waals surface area contributed by atoms with Crippen LogP contribution in [0.2, 0.25) is 0 Å². The van der Waals surface area contributed by atoms with E-state index in [1.54, 1.807) is 5.56 Å². The highest BCUT2D eigenvalue weighted by Crippen LogP contribution is 2.37. The third-order valence-corrected chi connectivity index (χ3v) is 5.75. The maximum atomic E-state index is 4.64. The number of rotatable bonds is 6. The lowest BCUT2D eigenvalue weighted by atomic mass is 9.77. The molecule has 0 unspecified atom stereocenters. The van der Waals surface area contributed by atoms with E-state index in [-0.39, 0.29) is 0 Å². The fraction of sp³-hybridized carbons (Fsp3) is 0.435. The summed E-state index contributed by atoms with van der Waals surface area (Å²) in [5.74, 6) is 1.65. The molecule has 0 N–H and O–H groups in total. The Bertz CT molecular complexity index is 703. The number of nitrogens with zero attached hydrogens (tertiary/aromatic N) is 1. The monoisotopic (exact) mass is 349 g/mol. The van der Waals surface area contributed by atoms with Crippen molar-refractivity contribution in [3.05, 3.63) is 65.2 Å². The van der Waals surface area contributed by atoms with E-state index < -0.39 is 0 Å². The summed E-state index contributed by atoms with van der Waals surface area (Å²) in [6, 6.07) is 17.7. The van der Waals surface area contributed by atoms with Crippen LogP contribution < -0.4 is 0 Å². The van der Waals surface area contributed by atoms with Gasteiger partial charge in [-0.2, -0.15) is 4.99 Å². The molecule has 2 aromatic rings. The summed E-state index contributed by atoms with van der Waals surface area (Å²) in [5.41, 5.74) is 5.29. The molecule has 1 saturated carbocycles. The minimum atomic E-state index is 0.772. The SMILES string of the molecule is CCc1ccc(C2CCC(CCc3ccc(N=C=S)cc3)CC2)cc1. The van der Waals surface area contributed by atoms with Gasteiger partial charge >= 0.3 is 0 Å². The first-order valence-corrected chi connectivity index (χ1v) is 9.95. The molecule has 130 valence electrons. The fourth-order valence-electron chi connectivity index (χ4n) is 3.97. The Balaban J connectivity index is 1.46. The molecule has 0 heterocycles. The molecule has 0 atom stereocenters. The zero-order valence-electron chi connectivity index (χ0n) is 15.1. The fourth-order valence-corrected chi connectivity index (χ4v) is 4.08. The summed E-state index contributed by atoms with van der Waals surface area (Å²) in [7, 11) is 0. The summed E-state index contributed by atoms with van der Waals surface area (Å²) in [4.78, 5) is 4.01. The number of benzene rings is 2. The lowest BCUT2D eigenvalue weighted by Gasteiger charge is -2.29. The van der Waals surface area contributed by atoms with Crippen LogP contribution in [0.3, 0.4) is 0 Å². The van der Waals surface area contributed by atoms with Crippen LogP contribution in [0.15, 0.2) is 53.5 Å². The molecule has 0 spiro atoms. The molecule has 0 aromatic heterocycles. The minimum absolute atomic E-state index is 0.772. The second-order valence-electron chi connectivity index (χ2n) is 7.22. The molecule has 2 aromatic carbocycles. The summed E-state index contributed by atoms with van der Waals surface area (Å²) >= 11 is 4.64. The molecule has 0 aliphatic heterocycles. The smallest absolute Gasteiger partial charge is 0.0739 e. The minimum Gasteiger partial charge on any atom is -0.195 e. The first kappa shape index (κ1) is 18.0. The Morgan fingerprint density at radius 3 is 2.16 bits per heavy atom. The summed E-state index contributed by atoms with van der Waals surface area (Å²) < 4.78 is 0. The molecule has 3 rings (SSSR count). The average molecular weight is 350 g/mol. The van der Waals surface area contributed by atoms with Crippen LogP contribution >= 0.6 is 12.2 Å². The van der Waals surface area contributed by atoms with Crippen LogP contribution in [0.25, 0.3) is 0 Å². The van der Waals surface area contributed by atoms with Crippen LogP contribution in [0.1, 0.15) is 61.6 Å². The number of isothiocyanates is 1. The van der Waals surface area contributed by atoms with Crippen LogP contribution in [-0.2, 0) is 12.8 Å². The maximum Gasteiger partial charge on any atom is 0.0739 e. The Morgan fingerprint density at radius 1 is 0.920 bits per heavy atom.